The molecular formula is C17H20O. The molecule has 0 aliphatic heterocycles. The monoisotopic (exact) mass is 240 g/mol. The third-order valence-electron chi connectivity index (χ3n) is 3.54. The van der Waals surface area contributed by atoms with Crippen LogP contribution >= 0.6 is 0 Å². The van der Waals surface area contributed by atoms with Crippen molar-refractivity contribution in [3.05, 3.63) is 54.1 Å². The lowest BCUT2D eigenvalue weighted by atomic mass is 10.00. The minimum atomic E-state index is -0.340. The molecule has 0 amide bonds. The molecule has 2 aromatic carbocycles. The van der Waals surface area contributed by atoms with Crippen molar-refractivity contribution < 1.29 is 4.74 Å². The van der Waals surface area contributed by atoms with Gasteiger partial charge in [0, 0.05) is 0 Å². The summed E-state index contributed by atoms with van der Waals surface area (Å²) in [5.41, 5.74) is 1.87. The van der Waals surface area contributed by atoms with Crippen LogP contribution in [-0.2, 0) is 0 Å². The average Bonchev–Trinajstić information content (AvgIpc) is 2.33. The predicted octanol–water partition coefficient (Wildman–Crippen LogP) is 4.88. The lowest BCUT2D eigenvalue weighted by Gasteiger charge is -2.28. The van der Waals surface area contributed by atoms with Crippen LogP contribution in [0.4, 0.5) is 0 Å². The van der Waals surface area contributed by atoms with Gasteiger partial charge >= 0.3 is 0 Å². The molecule has 18 heavy (non-hydrogen) atoms. The largest absolute Gasteiger partial charge is 0.483 e. The van der Waals surface area contributed by atoms with E-state index in [1.807, 2.05) is 26.8 Å². The summed E-state index contributed by atoms with van der Waals surface area (Å²) in [4.78, 5) is 0. The lowest BCUT2D eigenvalue weighted by Crippen LogP contribution is -2.29. The van der Waals surface area contributed by atoms with Crippen molar-refractivity contribution in [2.45, 2.75) is 33.3 Å². The van der Waals surface area contributed by atoms with Gasteiger partial charge in [0.25, 0.3) is 0 Å². The molecule has 0 saturated carbocycles. The van der Waals surface area contributed by atoms with E-state index in [2.05, 4.69) is 43.8 Å². The Morgan fingerprint density at radius 1 is 1.11 bits per heavy atom. The van der Waals surface area contributed by atoms with Gasteiger partial charge in [0.05, 0.1) is 0 Å². The molecule has 0 bridgehead atoms. The molecule has 0 spiro atoms. The Labute approximate surface area is 109 Å². The van der Waals surface area contributed by atoms with Crippen molar-refractivity contribution in [1.82, 2.24) is 0 Å². The zero-order valence-electron chi connectivity index (χ0n) is 11.6. The summed E-state index contributed by atoms with van der Waals surface area (Å²) in [7, 11) is 0. The van der Waals surface area contributed by atoms with Gasteiger partial charge in [-0.3, -0.25) is 0 Å². The van der Waals surface area contributed by atoms with Crippen molar-refractivity contribution >= 4 is 10.8 Å². The summed E-state index contributed by atoms with van der Waals surface area (Å²) in [6.45, 7) is 12.2. The summed E-state index contributed by atoms with van der Waals surface area (Å²) in [6.07, 6.45) is 0. The Bertz CT molecular complexity index is 594. The first-order valence-corrected chi connectivity index (χ1v) is 6.25. The Morgan fingerprint density at radius 2 is 1.78 bits per heavy atom. The minimum absolute atomic E-state index is 0.340. The zero-order chi connectivity index (χ0) is 13.3. The summed E-state index contributed by atoms with van der Waals surface area (Å²) < 4.78 is 6.10. The molecule has 0 heterocycles. The van der Waals surface area contributed by atoms with Crippen LogP contribution in [0.25, 0.3) is 10.8 Å². The first-order chi connectivity index (χ1) is 8.42. The van der Waals surface area contributed by atoms with Crippen molar-refractivity contribution in [1.29, 1.82) is 0 Å². The molecule has 2 aromatic rings. The third-order valence-corrected chi connectivity index (χ3v) is 3.54. The van der Waals surface area contributed by atoms with E-state index in [4.69, 9.17) is 4.74 Å². The summed E-state index contributed by atoms with van der Waals surface area (Å²) in [6, 6.07) is 12.5. The molecule has 0 aromatic heterocycles. The maximum atomic E-state index is 6.10. The van der Waals surface area contributed by atoms with Crippen LogP contribution in [0.15, 0.2) is 48.6 Å². The number of benzene rings is 2. The van der Waals surface area contributed by atoms with E-state index in [-0.39, 0.29) is 5.60 Å². The Kier molecular flexibility index (Phi) is 3.16. The van der Waals surface area contributed by atoms with Gasteiger partial charge in [-0.05, 0) is 55.7 Å². The highest BCUT2D eigenvalue weighted by Crippen LogP contribution is 2.31. The molecule has 0 saturated heterocycles. The van der Waals surface area contributed by atoms with Crippen LogP contribution in [0.5, 0.6) is 5.75 Å². The summed E-state index contributed by atoms with van der Waals surface area (Å²) >= 11 is 0. The van der Waals surface area contributed by atoms with Gasteiger partial charge in [-0.2, -0.15) is 0 Å². The average molecular weight is 240 g/mol. The van der Waals surface area contributed by atoms with E-state index >= 15 is 0 Å². The number of hydrogen-bond acceptors (Lipinski definition) is 1. The maximum Gasteiger partial charge on any atom is 0.124 e. The number of ether oxygens (including phenoxy) is 1. The van der Waals surface area contributed by atoms with Gasteiger partial charge in [-0.15, -0.1) is 0 Å². The molecule has 0 atom stereocenters. The fourth-order valence-corrected chi connectivity index (χ4v) is 1.88. The van der Waals surface area contributed by atoms with E-state index in [1.54, 1.807) is 0 Å². The van der Waals surface area contributed by atoms with Gasteiger partial charge in [-0.1, -0.05) is 36.9 Å². The molecule has 0 fully saturated rings. The normalized spacial score (nSPS) is 11.6. The molecule has 1 nitrogen and oxygen atoms in total. The van der Waals surface area contributed by atoms with E-state index < -0.39 is 0 Å². The predicted molar refractivity (Wildman–Crippen MR) is 78.2 cm³/mol. The minimum Gasteiger partial charge on any atom is -0.483 e. The maximum absolute atomic E-state index is 6.10. The second kappa shape index (κ2) is 4.49. The Morgan fingerprint density at radius 3 is 2.44 bits per heavy atom. The Balaban J connectivity index is 2.47. The smallest absolute Gasteiger partial charge is 0.124 e. The third kappa shape index (κ3) is 2.26. The summed E-state index contributed by atoms with van der Waals surface area (Å²) in [5.74, 6) is 0.932. The fraction of sp³-hybridized carbons (Fsp3) is 0.294. The van der Waals surface area contributed by atoms with E-state index in [1.165, 1.54) is 16.3 Å². The van der Waals surface area contributed by atoms with Gasteiger partial charge in [0.1, 0.15) is 11.4 Å². The molecule has 0 unspecified atom stereocenters. The van der Waals surface area contributed by atoms with Gasteiger partial charge < -0.3 is 4.74 Å². The van der Waals surface area contributed by atoms with E-state index in [9.17, 15) is 0 Å². The molecule has 0 radical (unpaired) electrons. The molecule has 94 valence electrons. The topological polar surface area (TPSA) is 9.23 Å². The van der Waals surface area contributed by atoms with Gasteiger partial charge in [0.2, 0.25) is 0 Å². The van der Waals surface area contributed by atoms with Crippen LogP contribution in [-0.4, -0.2) is 5.60 Å². The van der Waals surface area contributed by atoms with Crippen LogP contribution in [0, 0.1) is 6.92 Å². The zero-order valence-corrected chi connectivity index (χ0v) is 11.6. The highest BCUT2D eigenvalue weighted by atomic mass is 16.5. The number of hydrogen-bond donors (Lipinski definition) is 0. The summed E-state index contributed by atoms with van der Waals surface area (Å²) in [5, 5.41) is 2.49. The molecule has 2 rings (SSSR count). The van der Waals surface area contributed by atoms with Gasteiger partial charge in [0.15, 0.2) is 0 Å². The first kappa shape index (κ1) is 12.7. The quantitative estimate of drug-likeness (QED) is 0.695. The second-order valence-corrected chi connectivity index (χ2v) is 5.30. The lowest BCUT2D eigenvalue weighted by molar-refractivity contribution is 0.148. The van der Waals surface area contributed by atoms with Crippen molar-refractivity contribution in [2.24, 2.45) is 0 Å². The van der Waals surface area contributed by atoms with Crippen LogP contribution in [0.1, 0.15) is 26.3 Å². The van der Waals surface area contributed by atoms with Crippen LogP contribution in [0.3, 0.4) is 0 Å². The van der Waals surface area contributed by atoms with E-state index in [0.29, 0.717) is 0 Å². The molecule has 0 aliphatic carbocycles. The highest BCUT2D eigenvalue weighted by molar-refractivity contribution is 5.87. The number of rotatable bonds is 3. The number of aryl methyl sites for hydroxylation is 1. The fourth-order valence-electron chi connectivity index (χ4n) is 1.88. The number of fused-ring (bicyclic) bond motifs is 1. The molecular weight excluding hydrogens is 220 g/mol. The van der Waals surface area contributed by atoms with Crippen molar-refractivity contribution in [3.8, 4) is 5.75 Å². The highest BCUT2D eigenvalue weighted by Gasteiger charge is 2.21. The van der Waals surface area contributed by atoms with Crippen molar-refractivity contribution in [2.75, 3.05) is 0 Å². The second-order valence-electron chi connectivity index (χ2n) is 5.30. The van der Waals surface area contributed by atoms with Crippen LogP contribution in [0.2, 0.25) is 0 Å². The molecule has 0 N–H and O–H groups in total. The first-order valence-electron chi connectivity index (χ1n) is 6.25. The van der Waals surface area contributed by atoms with Crippen molar-refractivity contribution in [3.63, 3.8) is 0 Å². The molecule has 0 aliphatic rings. The molecule has 1 heteroatoms. The standard InChI is InChI=1S/C17H20O/c1-12(2)17(4,5)18-16-11-10-14-8-6-7-9-15(14)13(16)3/h6-11H,1H2,2-5H3. The van der Waals surface area contributed by atoms with E-state index in [0.717, 1.165) is 11.3 Å². The SMILES string of the molecule is C=C(C)C(C)(C)Oc1ccc2ccccc2c1C. The Hall–Kier alpha value is -1.76. The van der Waals surface area contributed by atoms with Gasteiger partial charge in [-0.25, -0.2) is 0 Å². The van der Waals surface area contributed by atoms with Crippen LogP contribution < -0.4 is 4.74 Å².